The zero-order valence-corrected chi connectivity index (χ0v) is 18.7. The number of piperidine rings is 1. The number of rotatable bonds is 7. The number of hydrogen-bond donors (Lipinski definition) is 1. The van der Waals surface area contributed by atoms with Crippen molar-refractivity contribution in [2.24, 2.45) is 5.92 Å². The summed E-state index contributed by atoms with van der Waals surface area (Å²) in [6, 6.07) is 14.9. The Morgan fingerprint density at radius 2 is 1.72 bits per heavy atom. The van der Waals surface area contributed by atoms with Gasteiger partial charge in [0.1, 0.15) is 11.4 Å². The van der Waals surface area contributed by atoms with Crippen molar-refractivity contribution in [2.45, 2.75) is 33.1 Å². The van der Waals surface area contributed by atoms with Crippen molar-refractivity contribution in [3.05, 3.63) is 65.4 Å². The van der Waals surface area contributed by atoms with E-state index >= 15 is 0 Å². The average molecular weight is 435 g/mol. The van der Waals surface area contributed by atoms with Gasteiger partial charge in [0.05, 0.1) is 17.9 Å². The molecule has 0 bridgehead atoms. The standard InChI is InChI=1S/C26H30N2O4/c1-3-18-7-11-21(12-8-18)28-25(30)23(20-9-13-22(14-10-20)32-4-2)24(26(28)31)27-15-5-6-19(16-27)17-29/h7-14,19,29H,3-6,15-17H2,1-2H3. The largest absolute Gasteiger partial charge is 0.494 e. The number of likely N-dealkylation sites (tertiary alicyclic amines) is 1. The van der Waals surface area contributed by atoms with E-state index in [0.29, 0.717) is 42.2 Å². The van der Waals surface area contributed by atoms with Gasteiger partial charge in [0.15, 0.2) is 0 Å². The average Bonchev–Trinajstić information content (AvgIpc) is 3.09. The molecule has 6 nitrogen and oxygen atoms in total. The number of aliphatic hydroxyl groups is 1. The first-order valence-corrected chi connectivity index (χ1v) is 11.4. The fourth-order valence-corrected chi connectivity index (χ4v) is 4.49. The van der Waals surface area contributed by atoms with Crippen LogP contribution < -0.4 is 9.64 Å². The minimum Gasteiger partial charge on any atom is -0.494 e. The molecule has 4 rings (SSSR count). The van der Waals surface area contributed by atoms with Crippen LogP contribution in [0.5, 0.6) is 5.75 Å². The van der Waals surface area contributed by atoms with Gasteiger partial charge in [0.2, 0.25) is 0 Å². The molecular formula is C26H30N2O4. The Labute approximate surface area is 189 Å². The van der Waals surface area contributed by atoms with Crippen LogP contribution in [0.3, 0.4) is 0 Å². The summed E-state index contributed by atoms with van der Waals surface area (Å²) in [4.78, 5) is 30.5. The first-order chi connectivity index (χ1) is 15.6. The molecular weight excluding hydrogens is 404 g/mol. The van der Waals surface area contributed by atoms with Crippen molar-refractivity contribution < 1.29 is 19.4 Å². The first kappa shape index (κ1) is 22.1. The fourth-order valence-electron chi connectivity index (χ4n) is 4.49. The van der Waals surface area contributed by atoms with Crippen LogP contribution in [-0.2, 0) is 16.0 Å². The Morgan fingerprint density at radius 3 is 2.34 bits per heavy atom. The molecule has 0 aromatic heterocycles. The lowest BCUT2D eigenvalue weighted by atomic mass is 9.97. The number of aliphatic hydroxyl groups excluding tert-OH is 1. The van der Waals surface area contributed by atoms with Gasteiger partial charge in [-0.1, -0.05) is 31.2 Å². The maximum atomic E-state index is 13.6. The van der Waals surface area contributed by atoms with Gasteiger partial charge in [-0.15, -0.1) is 0 Å². The highest BCUT2D eigenvalue weighted by Crippen LogP contribution is 2.37. The summed E-state index contributed by atoms with van der Waals surface area (Å²) in [5.41, 5.74) is 3.26. The molecule has 2 aliphatic rings. The Bertz CT molecular complexity index is 1010. The lowest BCUT2D eigenvalue weighted by molar-refractivity contribution is -0.120. The molecule has 1 atom stereocenters. The van der Waals surface area contributed by atoms with E-state index in [1.54, 1.807) is 0 Å². The predicted molar refractivity (Wildman–Crippen MR) is 124 cm³/mol. The smallest absolute Gasteiger partial charge is 0.282 e. The van der Waals surface area contributed by atoms with E-state index in [9.17, 15) is 14.7 Å². The number of carbonyl (C=O) groups is 2. The molecule has 1 saturated heterocycles. The van der Waals surface area contributed by atoms with Crippen molar-refractivity contribution in [1.29, 1.82) is 0 Å². The zero-order valence-electron chi connectivity index (χ0n) is 18.7. The number of anilines is 1. The van der Waals surface area contributed by atoms with Crippen LogP contribution in [0.15, 0.2) is 54.2 Å². The number of imide groups is 1. The molecule has 0 aliphatic carbocycles. The summed E-state index contributed by atoms with van der Waals surface area (Å²) < 4.78 is 5.54. The monoisotopic (exact) mass is 434 g/mol. The SMILES string of the molecule is CCOc1ccc(C2=C(N3CCCC(CO)C3)C(=O)N(c3ccc(CC)cc3)C2=O)cc1. The molecule has 2 amide bonds. The third-order valence-electron chi connectivity index (χ3n) is 6.21. The van der Waals surface area contributed by atoms with Gasteiger partial charge in [-0.2, -0.15) is 0 Å². The number of amides is 2. The number of aryl methyl sites for hydroxylation is 1. The Kier molecular flexibility index (Phi) is 6.61. The Balaban J connectivity index is 1.76. The number of benzene rings is 2. The highest BCUT2D eigenvalue weighted by Gasteiger charge is 2.43. The highest BCUT2D eigenvalue weighted by atomic mass is 16.5. The molecule has 1 fully saturated rings. The summed E-state index contributed by atoms with van der Waals surface area (Å²) >= 11 is 0. The molecule has 1 N–H and O–H groups in total. The van der Waals surface area contributed by atoms with E-state index in [-0.39, 0.29) is 24.3 Å². The Hall–Kier alpha value is -3.12. The van der Waals surface area contributed by atoms with E-state index in [4.69, 9.17) is 4.74 Å². The summed E-state index contributed by atoms with van der Waals surface area (Å²) in [6.07, 6.45) is 2.68. The predicted octanol–water partition coefficient (Wildman–Crippen LogP) is 3.64. The molecule has 168 valence electrons. The molecule has 0 spiro atoms. The molecule has 1 unspecified atom stereocenters. The van der Waals surface area contributed by atoms with Gasteiger partial charge >= 0.3 is 0 Å². The summed E-state index contributed by atoms with van der Waals surface area (Å²) in [5.74, 6) is 0.199. The molecule has 0 radical (unpaired) electrons. The first-order valence-electron chi connectivity index (χ1n) is 11.4. The van der Waals surface area contributed by atoms with Gasteiger partial charge in [0, 0.05) is 19.7 Å². The van der Waals surface area contributed by atoms with Gasteiger partial charge in [0.25, 0.3) is 11.8 Å². The van der Waals surface area contributed by atoms with Crippen LogP contribution in [0.4, 0.5) is 5.69 Å². The molecule has 2 aromatic rings. The molecule has 2 heterocycles. The van der Waals surface area contributed by atoms with Crippen molar-refractivity contribution in [2.75, 3.05) is 31.2 Å². The fraction of sp³-hybridized carbons (Fsp3) is 0.385. The van der Waals surface area contributed by atoms with Crippen LogP contribution in [0.25, 0.3) is 5.57 Å². The number of carbonyl (C=O) groups excluding carboxylic acids is 2. The van der Waals surface area contributed by atoms with Gasteiger partial charge in [-0.25, -0.2) is 4.90 Å². The van der Waals surface area contributed by atoms with Crippen molar-refractivity contribution in [3.8, 4) is 5.75 Å². The third-order valence-corrected chi connectivity index (χ3v) is 6.21. The topological polar surface area (TPSA) is 70.1 Å². The summed E-state index contributed by atoms with van der Waals surface area (Å²) in [7, 11) is 0. The molecule has 32 heavy (non-hydrogen) atoms. The van der Waals surface area contributed by atoms with Crippen LogP contribution in [0.2, 0.25) is 0 Å². The Morgan fingerprint density at radius 1 is 1.00 bits per heavy atom. The lowest BCUT2D eigenvalue weighted by Crippen LogP contribution is -2.40. The van der Waals surface area contributed by atoms with Crippen LogP contribution >= 0.6 is 0 Å². The van der Waals surface area contributed by atoms with Crippen molar-refractivity contribution >= 4 is 23.1 Å². The molecule has 2 aliphatic heterocycles. The van der Waals surface area contributed by atoms with Crippen molar-refractivity contribution in [3.63, 3.8) is 0 Å². The second-order valence-electron chi connectivity index (χ2n) is 8.28. The molecule has 0 saturated carbocycles. The van der Waals surface area contributed by atoms with E-state index in [0.717, 1.165) is 30.6 Å². The maximum Gasteiger partial charge on any atom is 0.282 e. The van der Waals surface area contributed by atoms with Crippen molar-refractivity contribution in [1.82, 2.24) is 4.90 Å². The van der Waals surface area contributed by atoms with E-state index < -0.39 is 0 Å². The quantitative estimate of drug-likeness (QED) is 0.674. The van der Waals surface area contributed by atoms with E-state index in [2.05, 4.69) is 6.92 Å². The normalized spacial score (nSPS) is 19.2. The summed E-state index contributed by atoms with van der Waals surface area (Å²) in [6.45, 7) is 5.87. The third kappa shape index (κ3) is 4.15. The molecule has 6 heteroatoms. The summed E-state index contributed by atoms with van der Waals surface area (Å²) in [5, 5.41) is 9.69. The second kappa shape index (κ2) is 9.57. The lowest BCUT2D eigenvalue weighted by Gasteiger charge is -2.34. The maximum absolute atomic E-state index is 13.6. The van der Waals surface area contributed by atoms with Gasteiger partial charge < -0.3 is 14.7 Å². The van der Waals surface area contributed by atoms with E-state index in [1.165, 1.54) is 4.90 Å². The molecule has 2 aromatic carbocycles. The number of ether oxygens (including phenoxy) is 1. The minimum absolute atomic E-state index is 0.0759. The van der Waals surface area contributed by atoms with Crippen LogP contribution in [0, 0.1) is 5.92 Å². The zero-order chi connectivity index (χ0) is 22.7. The van der Waals surface area contributed by atoms with Crippen LogP contribution in [0.1, 0.15) is 37.8 Å². The van der Waals surface area contributed by atoms with Crippen LogP contribution in [-0.4, -0.2) is 48.1 Å². The second-order valence-corrected chi connectivity index (χ2v) is 8.28. The minimum atomic E-state index is -0.315. The number of hydrogen-bond acceptors (Lipinski definition) is 5. The number of nitrogens with zero attached hydrogens (tertiary/aromatic N) is 2. The van der Waals surface area contributed by atoms with E-state index in [1.807, 2.05) is 60.4 Å². The highest BCUT2D eigenvalue weighted by molar-refractivity contribution is 6.45. The van der Waals surface area contributed by atoms with Gasteiger partial charge in [-0.3, -0.25) is 9.59 Å². The van der Waals surface area contributed by atoms with Gasteiger partial charge in [-0.05, 0) is 67.5 Å².